The van der Waals surface area contributed by atoms with E-state index in [0.29, 0.717) is 25.1 Å². The monoisotopic (exact) mass is 489 g/mol. The van der Waals surface area contributed by atoms with Crippen molar-refractivity contribution in [2.24, 2.45) is 5.10 Å². The maximum atomic E-state index is 13.2. The third kappa shape index (κ3) is 5.94. The van der Waals surface area contributed by atoms with Gasteiger partial charge in [-0.2, -0.15) is 5.10 Å². The fourth-order valence-corrected chi connectivity index (χ4v) is 4.20. The van der Waals surface area contributed by atoms with Crippen LogP contribution in [0.2, 0.25) is 0 Å². The summed E-state index contributed by atoms with van der Waals surface area (Å²) in [6.07, 6.45) is 0.501. The molecule has 0 N–H and O–H groups in total. The Labute approximate surface area is 209 Å². The van der Waals surface area contributed by atoms with Gasteiger partial charge in [0.25, 0.3) is 0 Å². The van der Waals surface area contributed by atoms with Crippen molar-refractivity contribution in [2.45, 2.75) is 39.7 Å². The Balaban J connectivity index is 1.26. The summed E-state index contributed by atoms with van der Waals surface area (Å²) >= 11 is 0. The lowest BCUT2D eigenvalue weighted by atomic mass is 10.1. The van der Waals surface area contributed by atoms with Crippen LogP contribution in [0.4, 0.5) is 4.39 Å². The molecule has 1 aliphatic rings. The number of Topliss-reactive ketones (excluding diaryl/α,β-unsaturated/α-hetero) is 1. The van der Waals surface area contributed by atoms with Crippen LogP contribution in [0.25, 0.3) is 0 Å². The van der Waals surface area contributed by atoms with Crippen LogP contribution in [0.5, 0.6) is 0 Å². The molecular weight excluding hydrogens is 461 g/mol. The second-order valence-electron chi connectivity index (χ2n) is 8.76. The van der Waals surface area contributed by atoms with Gasteiger partial charge in [0.15, 0.2) is 6.61 Å². The molecule has 0 saturated heterocycles. The van der Waals surface area contributed by atoms with Crippen molar-refractivity contribution in [2.75, 3.05) is 13.2 Å². The first kappa shape index (κ1) is 25.0. The number of rotatable bonds is 9. The molecule has 0 radical (unpaired) electrons. The van der Waals surface area contributed by atoms with E-state index in [9.17, 15) is 18.8 Å². The van der Waals surface area contributed by atoms with Crippen molar-refractivity contribution in [1.29, 1.82) is 0 Å². The first-order valence-electron chi connectivity index (χ1n) is 11.8. The molecule has 1 aromatic heterocycles. The van der Waals surface area contributed by atoms with Crippen molar-refractivity contribution in [3.8, 4) is 0 Å². The summed E-state index contributed by atoms with van der Waals surface area (Å²) in [6, 6.07) is 17.6. The highest BCUT2D eigenvalue weighted by Crippen LogP contribution is 2.19. The Morgan fingerprint density at radius 3 is 2.44 bits per heavy atom. The van der Waals surface area contributed by atoms with Gasteiger partial charge in [0.05, 0.1) is 18.7 Å². The molecule has 3 aromatic rings. The second-order valence-corrected chi connectivity index (χ2v) is 8.76. The summed E-state index contributed by atoms with van der Waals surface area (Å²) in [5.41, 5.74) is 4.81. The zero-order chi connectivity index (χ0) is 25.7. The van der Waals surface area contributed by atoms with Crippen LogP contribution in [0.15, 0.2) is 65.8 Å². The third-order valence-electron chi connectivity index (χ3n) is 6.23. The van der Waals surface area contributed by atoms with Crippen molar-refractivity contribution in [3.63, 3.8) is 0 Å². The molecular formula is C28H28FN3O4. The molecule has 7 nitrogen and oxygen atoms in total. The number of benzene rings is 2. The average Bonchev–Trinajstić information content (AvgIpc) is 3.49. The zero-order valence-corrected chi connectivity index (χ0v) is 20.4. The Hall–Kier alpha value is -4.07. The summed E-state index contributed by atoms with van der Waals surface area (Å²) in [4.78, 5) is 37.4. The molecule has 0 atom stereocenters. The van der Waals surface area contributed by atoms with Crippen LogP contribution in [0.3, 0.4) is 0 Å². The maximum Gasteiger partial charge on any atom is 0.306 e. The number of hydrogen-bond acceptors (Lipinski definition) is 5. The topological polar surface area (TPSA) is 81.0 Å². The molecule has 1 aliphatic heterocycles. The smallest absolute Gasteiger partial charge is 0.306 e. The quantitative estimate of drug-likeness (QED) is 0.329. The Bertz CT molecular complexity index is 1300. The zero-order valence-electron chi connectivity index (χ0n) is 20.4. The molecule has 186 valence electrons. The number of halogens is 1. The number of carbonyl (C=O) groups excluding carboxylic acids is 3. The molecule has 36 heavy (non-hydrogen) atoms. The summed E-state index contributed by atoms with van der Waals surface area (Å²) in [5, 5.41) is 5.76. The highest BCUT2D eigenvalue weighted by molar-refractivity contribution is 6.02. The molecule has 8 heteroatoms. The number of ketones is 1. The molecule has 2 heterocycles. The number of hydrazone groups is 1. The van der Waals surface area contributed by atoms with Crippen molar-refractivity contribution in [3.05, 3.63) is 94.6 Å². The molecule has 1 amide bonds. The van der Waals surface area contributed by atoms with Gasteiger partial charge in [-0.15, -0.1) is 0 Å². The standard InChI is InChI=1S/C28H28FN3O4/c1-19-16-24(20(2)31(19)17-21-8-10-23(29)11-9-21)26(33)18-36-28(35)13-12-27(34)32-15-14-25(30-32)22-6-4-3-5-7-22/h3-11,16H,12-15,17-18H2,1-2H3. The van der Waals surface area contributed by atoms with E-state index in [-0.39, 0.29) is 30.3 Å². The highest BCUT2D eigenvalue weighted by atomic mass is 19.1. The maximum absolute atomic E-state index is 13.2. The van der Waals surface area contributed by atoms with Crippen LogP contribution < -0.4 is 0 Å². The lowest BCUT2D eigenvalue weighted by Crippen LogP contribution is -2.24. The summed E-state index contributed by atoms with van der Waals surface area (Å²) in [7, 11) is 0. The molecule has 0 aliphatic carbocycles. The van der Waals surface area contributed by atoms with Crippen molar-refractivity contribution < 1.29 is 23.5 Å². The number of ether oxygens (including phenoxy) is 1. The number of esters is 1. The number of aromatic nitrogens is 1. The fraction of sp³-hybridized carbons (Fsp3) is 0.286. The van der Waals surface area contributed by atoms with Gasteiger partial charge < -0.3 is 9.30 Å². The molecule has 0 bridgehead atoms. The Morgan fingerprint density at radius 2 is 1.72 bits per heavy atom. The van der Waals surface area contributed by atoms with Gasteiger partial charge >= 0.3 is 5.97 Å². The molecule has 0 unspecified atom stereocenters. The number of hydrogen-bond donors (Lipinski definition) is 0. The van der Waals surface area contributed by atoms with E-state index >= 15 is 0 Å². The van der Waals surface area contributed by atoms with Gasteiger partial charge in [0.1, 0.15) is 5.82 Å². The minimum atomic E-state index is -0.608. The fourth-order valence-electron chi connectivity index (χ4n) is 4.20. The predicted molar refractivity (Wildman–Crippen MR) is 133 cm³/mol. The van der Waals surface area contributed by atoms with Gasteiger partial charge in [-0.3, -0.25) is 14.4 Å². The van der Waals surface area contributed by atoms with E-state index < -0.39 is 12.6 Å². The van der Waals surface area contributed by atoms with E-state index in [1.807, 2.05) is 48.7 Å². The first-order valence-corrected chi connectivity index (χ1v) is 11.8. The van der Waals surface area contributed by atoms with Gasteiger partial charge in [-0.25, -0.2) is 9.40 Å². The number of amides is 1. The number of nitrogens with zero attached hydrogens (tertiary/aromatic N) is 3. The number of carbonyl (C=O) groups is 3. The Morgan fingerprint density at radius 1 is 1.00 bits per heavy atom. The summed E-state index contributed by atoms with van der Waals surface area (Å²) in [6.45, 7) is 4.29. The van der Waals surface area contributed by atoms with Crippen LogP contribution in [-0.4, -0.2) is 46.1 Å². The normalized spacial score (nSPS) is 13.0. The molecule has 0 spiro atoms. The highest BCUT2D eigenvalue weighted by Gasteiger charge is 2.23. The molecule has 4 rings (SSSR count). The van der Waals surface area contributed by atoms with E-state index in [0.717, 1.165) is 28.2 Å². The largest absolute Gasteiger partial charge is 0.457 e. The van der Waals surface area contributed by atoms with Crippen LogP contribution >= 0.6 is 0 Å². The lowest BCUT2D eigenvalue weighted by Gasteiger charge is -2.11. The Kier molecular flexibility index (Phi) is 7.73. The minimum absolute atomic E-state index is 0.0369. The van der Waals surface area contributed by atoms with Crippen LogP contribution in [0.1, 0.15) is 52.1 Å². The van der Waals surface area contributed by atoms with E-state index in [1.165, 1.54) is 17.1 Å². The van der Waals surface area contributed by atoms with Gasteiger partial charge in [0.2, 0.25) is 11.7 Å². The van der Waals surface area contributed by atoms with Gasteiger partial charge in [-0.1, -0.05) is 42.5 Å². The molecule has 2 aromatic carbocycles. The van der Waals surface area contributed by atoms with Gasteiger partial charge in [-0.05, 0) is 43.2 Å². The van der Waals surface area contributed by atoms with E-state index in [2.05, 4.69) is 5.10 Å². The third-order valence-corrected chi connectivity index (χ3v) is 6.23. The lowest BCUT2D eigenvalue weighted by molar-refractivity contribution is -0.145. The molecule has 0 fully saturated rings. The predicted octanol–water partition coefficient (Wildman–Crippen LogP) is 4.44. The van der Waals surface area contributed by atoms with Crippen LogP contribution in [-0.2, 0) is 20.9 Å². The van der Waals surface area contributed by atoms with Gasteiger partial charge in [0, 0.05) is 36.3 Å². The minimum Gasteiger partial charge on any atom is -0.457 e. The number of aryl methyl sites for hydroxylation is 1. The van der Waals surface area contributed by atoms with Crippen molar-refractivity contribution >= 4 is 23.4 Å². The average molecular weight is 490 g/mol. The van der Waals surface area contributed by atoms with Crippen molar-refractivity contribution in [1.82, 2.24) is 9.58 Å². The summed E-state index contributed by atoms with van der Waals surface area (Å²) < 4.78 is 20.3. The van der Waals surface area contributed by atoms with E-state index in [4.69, 9.17) is 4.74 Å². The first-order chi connectivity index (χ1) is 17.3. The van der Waals surface area contributed by atoms with Crippen LogP contribution in [0, 0.1) is 19.7 Å². The summed E-state index contributed by atoms with van der Waals surface area (Å²) in [5.74, 6) is -1.48. The van der Waals surface area contributed by atoms with E-state index in [1.54, 1.807) is 18.2 Å². The molecule has 0 saturated carbocycles. The second kappa shape index (κ2) is 11.1. The SMILES string of the molecule is Cc1cc(C(=O)COC(=O)CCC(=O)N2CCC(c3ccccc3)=N2)c(C)n1Cc1ccc(F)cc1.